The SMILES string of the molecule is CC(C)(C)OC(=O)N(C(=O)OC(C)(C)C)c1nccc(-c2ccc(N(C(=O)OC(C)(C)C)[C@H](Cc3ccc(Cl)cc3)C(N)=O)cc2)n1. The highest BCUT2D eigenvalue weighted by Gasteiger charge is 2.36. The van der Waals surface area contributed by atoms with E-state index in [1.54, 1.807) is 117 Å². The number of hydrogen-bond acceptors (Lipinski definition) is 9. The van der Waals surface area contributed by atoms with Gasteiger partial charge in [-0.1, -0.05) is 35.9 Å². The molecule has 0 aliphatic rings. The first kappa shape index (κ1) is 36.8. The quantitative estimate of drug-likeness (QED) is 0.255. The first-order valence-electron chi connectivity index (χ1n) is 14.9. The van der Waals surface area contributed by atoms with Gasteiger partial charge in [0.25, 0.3) is 0 Å². The van der Waals surface area contributed by atoms with Gasteiger partial charge < -0.3 is 19.9 Å². The molecule has 0 radical (unpaired) electrons. The molecule has 0 fully saturated rings. The van der Waals surface area contributed by atoms with Crippen LogP contribution in [0, 0.1) is 0 Å². The highest BCUT2D eigenvalue weighted by Crippen LogP contribution is 2.28. The molecule has 2 N–H and O–H groups in total. The van der Waals surface area contributed by atoms with E-state index in [0.29, 0.717) is 26.9 Å². The maximum Gasteiger partial charge on any atom is 0.427 e. The monoisotopic (exact) mass is 667 g/mol. The van der Waals surface area contributed by atoms with Crippen LogP contribution in [-0.2, 0) is 25.4 Å². The number of carbonyl (C=O) groups is 4. The number of nitrogens with zero attached hydrogens (tertiary/aromatic N) is 4. The summed E-state index contributed by atoms with van der Waals surface area (Å²) in [4.78, 5) is 63.0. The van der Waals surface area contributed by atoms with Crippen molar-refractivity contribution in [3.63, 3.8) is 0 Å². The van der Waals surface area contributed by atoms with Crippen LogP contribution in [0.5, 0.6) is 0 Å². The van der Waals surface area contributed by atoms with Crippen molar-refractivity contribution in [3.05, 3.63) is 71.4 Å². The summed E-state index contributed by atoms with van der Waals surface area (Å²) in [5, 5.41) is 0.525. The van der Waals surface area contributed by atoms with Gasteiger partial charge in [0.2, 0.25) is 11.9 Å². The van der Waals surface area contributed by atoms with Crippen LogP contribution in [-0.4, -0.2) is 57.0 Å². The van der Waals surface area contributed by atoms with Crippen LogP contribution in [0.15, 0.2) is 60.8 Å². The number of primary amides is 1. The second kappa shape index (κ2) is 14.4. The van der Waals surface area contributed by atoms with E-state index in [-0.39, 0.29) is 12.4 Å². The molecule has 0 spiro atoms. The lowest BCUT2D eigenvalue weighted by Gasteiger charge is -2.32. The first-order valence-corrected chi connectivity index (χ1v) is 15.3. The largest absolute Gasteiger partial charge is 0.443 e. The summed E-state index contributed by atoms with van der Waals surface area (Å²) in [7, 11) is 0. The third-order valence-electron chi connectivity index (χ3n) is 6.01. The van der Waals surface area contributed by atoms with E-state index in [4.69, 9.17) is 31.5 Å². The van der Waals surface area contributed by atoms with Crippen molar-refractivity contribution in [2.75, 3.05) is 9.80 Å². The molecule has 12 nitrogen and oxygen atoms in total. The lowest BCUT2D eigenvalue weighted by Crippen LogP contribution is -2.51. The number of hydrogen-bond donors (Lipinski definition) is 1. The molecular weight excluding hydrogens is 626 g/mol. The van der Waals surface area contributed by atoms with Crippen molar-refractivity contribution in [2.45, 2.75) is 91.6 Å². The Hall–Kier alpha value is -4.71. The van der Waals surface area contributed by atoms with Crippen LogP contribution in [0.1, 0.15) is 67.9 Å². The summed E-state index contributed by atoms with van der Waals surface area (Å²) >= 11 is 6.03. The number of anilines is 2. The number of rotatable bonds is 7. The molecule has 3 aromatic rings. The molecule has 0 saturated heterocycles. The summed E-state index contributed by atoms with van der Waals surface area (Å²) in [6.45, 7) is 15.1. The van der Waals surface area contributed by atoms with E-state index in [1.165, 1.54) is 11.1 Å². The normalized spacial score (nSPS) is 12.5. The average Bonchev–Trinajstić information content (AvgIpc) is 2.91. The van der Waals surface area contributed by atoms with Crippen molar-refractivity contribution in [1.82, 2.24) is 9.97 Å². The van der Waals surface area contributed by atoms with Gasteiger partial charge in [-0.05, 0) is 98.2 Å². The van der Waals surface area contributed by atoms with Crippen molar-refractivity contribution < 1.29 is 33.4 Å². The highest BCUT2D eigenvalue weighted by molar-refractivity contribution is 6.30. The maximum atomic E-state index is 13.5. The first-order chi connectivity index (χ1) is 21.6. The zero-order chi connectivity index (χ0) is 35.3. The van der Waals surface area contributed by atoms with E-state index in [2.05, 4.69) is 9.97 Å². The topological polar surface area (TPSA) is 154 Å². The number of halogens is 1. The number of carbonyl (C=O) groups excluding carboxylic acids is 4. The highest BCUT2D eigenvalue weighted by atomic mass is 35.5. The predicted octanol–water partition coefficient (Wildman–Crippen LogP) is 7.31. The molecule has 2 aromatic carbocycles. The third-order valence-corrected chi connectivity index (χ3v) is 6.26. The number of imide groups is 1. The summed E-state index contributed by atoms with van der Waals surface area (Å²) in [6, 6.07) is 13.9. The molecule has 13 heteroatoms. The minimum absolute atomic E-state index is 0.105. The fourth-order valence-electron chi connectivity index (χ4n) is 4.15. The maximum absolute atomic E-state index is 13.5. The van der Waals surface area contributed by atoms with Gasteiger partial charge in [0.05, 0.1) is 5.69 Å². The smallest absolute Gasteiger partial charge is 0.427 e. The van der Waals surface area contributed by atoms with Gasteiger partial charge in [-0.15, -0.1) is 4.90 Å². The number of amides is 4. The van der Waals surface area contributed by atoms with Crippen LogP contribution in [0.2, 0.25) is 5.02 Å². The lowest BCUT2D eigenvalue weighted by molar-refractivity contribution is -0.119. The Balaban J connectivity index is 2.03. The van der Waals surface area contributed by atoms with E-state index < -0.39 is 47.0 Å². The molecule has 0 unspecified atom stereocenters. The van der Waals surface area contributed by atoms with Gasteiger partial charge in [0.1, 0.15) is 22.8 Å². The Morgan fingerprint density at radius 2 is 1.23 bits per heavy atom. The van der Waals surface area contributed by atoms with E-state index in [0.717, 1.165) is 5.56 Å². The third kappa shape index (κ3) is 11.0. The van der Waals surface area contributed by atoms with Gasteiger partial charge in [-0.25, -0.2) is 24.4 Å². The second-order valence-corrected chi connectivity index (χ2v) is 14.1. The van der Waals surface area contributed by atoms with Crippen molar-refractivity contribution in [2.24, 2.45) is 5.73 Å². The average molecular weight is 668 g/mol. The molecule has 1 heterocycles. The van der Waals surface area contributed by atoms with Gasteiger partial charge in [0, 0.05) is 28.9 Å². The molecule has 3 rings (SSSR count). The molecule has 47 heavy (non-hydrogen) atoms. The fraction of sp³-hybridized carbons (Fsp3) is 0.412. The Kier molecular flexibility index (Phi) is 11.2. The molecular formula is C34H42ClN5O7. The van der Waals surface area contributed by atoms with Crippen LogP contribution in [0.3, 0.4) is 0 Å². The number of benzene rings is 2. The summed E-state index contributed by atoms with van der Waals surface area (Å²) in [6.07, 6.45) is -1.29. The molecule has 0 aliphatic carbocycles. The fourth-order valence-corrected chi connectivity index (χ4v) is 4.28. The summed E-state index contributed by atoms with van der Waals surface area (Å²) in [5.41, 5.74) is 5.10. The van der Waals surface area contributed by atoms with Gasteiger partial charge in [-0.2, -0.15) is 0 Å². The molecule has 1 atom stereocenters. The molecule has 0 aliphatic heterocycles. The summed E-state index contributed by atoms with van der Waals surface area (Å²) < 4.78 is 16.5. The van der Waals surface area contributed by atoms with E-state index >= 15 is 0 Å². The van der Waals surface area contributed by atoms with Crippen LogP contribution in [0.4, 0.5) is 26.0 Å². The van der Waals surface area contributed by atoms with E-state index in [9.17, 15) is 19.2 Å². The molecule has 0 bridgehead atoms. The van der Waals surface area contributed by atoms with Crippen LogP contribution >= 0.6 is 11.6 Å². The number of nitrogens with two attached hydrogens (primary N) is 1. The molecule has 4 amide bonds. The Labute approximate surface area is 280 Å². The van der Waals surface area contributed by atoms with Crippen molar-refractivity contribution in [3.8, 4) is 11.3 Å². The zero-order valence-electron chi connectivity index (χ0n) is 28.2. The minimum Gasteiger partial charge on any atom is -0.443 e. The van der Waals surface area contributed by atoms with Crippen LogP contribution < -0.4 is 15.5 Å². The standard InChI is InChI=1S/C34H42ClN5O7/c1-32(2,3)45-29(42)39(26(27(36)41)20-21-10-14-23(35)15-11-21)24-16-12-22(13-17-24)25-18-19-37-28(38-25)40(30(43)46-33(4,5)6)31(44)47-34(7,8)9/h10-19,26H,20H2,1-9H3,(H2,36,41)/t26-/m1/s1. The van der Waals surface area contributed by atoms with Gasteiger partial charge in [0.15, 0.2) is 0 Å². The number of aromatic nitrogens is 2. The molecule has 252 valence electrons. The Morgan fingerprint density at radius 1 is 0.745 bits per heavy atom. The predicted molar refractivity (Wildman–Crippen MR) is 179 cm³/mol. The molecule has 1 aromatic heterocycles. The van der Waals surface area contributed by atoms with Crippen LogP contribution in [0.25, 0.3) is 11.3 Å². The Morgan fingerprint density at radius 3 is 1.70 bits per heavy atom. The van der Waals surface area contributed by atoms with E-state index in [1.807, 2.05) is 0 Å². The second-order valence-electron chi connectivity index (χ2n) is 13.7. The lowest BCUT2D eigenvalue weighted by atomic mass is 10.0. The summed E-state index contributed by atoms with van der Waals surface area (Å²) in [5.74, 6) is -0.998. The van der Waals surface area contributed by atoms with Crippen molar-refractivity contribution in [1.29, 1.82) is 0 Å². The van der Waals surface area contributed by atoms with Gasteiger partial charge in [-0.3, -0.25) is 9.69 Å². The van der Waals surface area contributed by atoms with Gasteiger partial charge >= 0.3 is 18.3 Å². The minimum atomic E-state index is -1.10. The zero-order valence-corrected chi connectivity index (χ0v) is 28.9. The Bertz CT molecular complexity index is 1560. The number of ether oxygens (including phenoxy) is 3. The molecule has 0 saturated carbocycles. The van der Waals surface area contributed by atoms with Crippen molar-refractivity contribution >= 4 is 47.4 Å².